The Labute approximate surface area is 98.6 Å². The normalized spacial score (nSPS) is 10.9. The van der Waals surface area contributed by atoms with Gasteiger partial charge in [0.2, 0.25) is 5.76 Å². The van der Waals surface area contributed by atoms with Crippen LogP contribution in [0.4, 0.5) is 13.2 Å². The third-order valence-electron chi connectivity index (χ3n) is 2.25. The van der Waals surface area contributed by atoms with E-state index >= 15 is 0 Å². The molecule has 0 amide bonds. The van der Waals surface area contributed by atoms with Crippen LogP contribution < -0.4 is 0 Å². The van der Waals surface area contributed by atoms with Crippen LogP contribution in [0.3, 0.4) is 0 Å². The van der Waals surface area contributed by atoms with E-state index < -0.39 is 29.5 Å². The number of hydrogen-bond acceptors (Lipinski definition) is 3. The number of rotatable bonds is 3. The van der Waals surface area contributed by atoms with Crippen LogP contribution in [0, 0.1) is 5.82 Å². The summed E-state index contributed by atoms with van der Waals surface area (Å²) in [7, 11) is 0. The second-order valence-corrected chi connectivity index (χ2v) is 3.42. The molecular weight excluding hydrogens is 251 g/mol. The number of alkyl halides is 2. The lowest BCUT2D eigenvalue weighted by molar-refractivity contribution is 0.0652. The molecule has 1 aromatic carbocycles. The Balaban J connectivity index is 2.39. The molecule has 0 fully saturated rings. The molecule has 1 aromatic heterocycles. The number of carbonyl (C=O) groups is 1. The highest BCUT2D eigenvalue weighted by Crippen LogP contribution is 2.27. The van der Waals surface area contributed by atoms with Gasteiger partial charge in [-0.1, -0.05) is 11.2 Å². The molecule has 0 atom stereocenters. The van der Waals surface area contributed by atoms with Crippen LogP contribution in [0.2, 0.25) is 0 Å². The minimum absolute atomic E-state index is 0.0621. The SMILES string of the molecule is O=C(O)c1cc(-c2ccc(C(F)F)c(F)c2)no1. The van der Waals surface area contributed by atoms with Crippen molar-refractivity contribution in [1.82, 2.24) is 5.16 Å². The van der Waals surface area contributed by atoms with Crippen molar-refractivity contribution in [3.8, 4) is 11.3 Å². The van der Waals surface area contributed by atoms with Gasteiger partial charge in [0.1, 0.15) is 11.5 Å². The molecule has 4 nitrogen and oxygen atoms in total. The number of carboxylic acid groups (broad SMARTS) is 1. The molecule has 7 heteroatoms. The Morgan fingerprint density at radius 3 is 2.56 bits per heavy atom. The molecule has 2 rings (SSSR count). The van der Waals surface area contributed by atoms with Crippen molar-refractivity contribution in [1.29, 1.82) is 0 Å². The van der Waals surface area contributed by atoms with Gasteiger partial charge < -0.3 is 9.63 Å². The average molecular weight is 257 g/mol. The molecule has 0 bridgehead atoms. The van der Waals surface area contributed by atoms with Gasteiger partial charge in [0.25, 0.3) is 6.43 Å². The van der Waals surface area contributed by atoms with Crippen molar-refractivity contribution in [2.45, 2.75) is 6.43 Å². The number of aromatic nitrogens is 1. The molecule has 0 radical (unpaired) electrons. The zero-order valence-corrected chi connectivity index (χ0v) is 8.73. The summed E-state index contributed by atoms with van der Waals surface area (Å²) in [6.07, 6.45) is -2.91. The van der Waals surface area contributed by atoms with Gasteiger partial charge in [-0.05, 0) is 12.1 Å². The molecule has 0 unspecified atom stereocenters. The van der Waals surface area contributed by atoms with E-state index in [2.05, 4.69) is 9.68 Å². The Morgan fingerprint density at radius 1 is 1.33 bits per heavy atom. The molecule has 0 saturated heterocycles. The fraction of sp³-hybridized carbons (Fsp3) is 0.0909. The second kappa shape index (κ2) is 4.52. The maximum atomic E-state index is 13.3. The average Bonchev–Trinajstić information content (AvgIpc) is 2.77. The van der Waals surface area contributed by atoms with E-state index in [0.717, 1.165) is 18.2 Å². The van der Waals surface area contributed by atoms with Gasteiger partial charge in [-0.25, -0.2) is 18.0 Å². The van der Waals surface area contributed by atoms with E-state index in [-0.39, 0.29) is 11.3 Å². The van der Waals surface area contributed by atoms with E-state index in [0.29, 0.717) is 0 Å². The van der Waals surface area contributed by atoms with Gasteiger partial charge >= 0.3 is 5.97 Å². The molecule has 2 aromatic rings. The largest absolute Gasteiger partial charge is 0.475 e. The molecular formula is C11H6F3NO3. The second-order valence-electron chi connectivity index (χ2n) is 3.42. The van der Waals surface area contributed by atoms with Crippen LogP contribution in [-0.2, 0) is 0 Å². The summed E-state index contributed by atoms with van der Waals surface area (Å²) in [5.41, 5.74) is -0.499. The molecule has 0 aliphatic carbocycles. The molecule has 0 spiro atoms. The quantitative estimate of drug-likeness (QED) is 0.917. The van der Waals surface area contributed by atoms with Gasteiger partial charge in [0.15, 0.2) is 0 Å². The van der Waals surface area contributed by atoms with Gasteiger partial charge in [0, 0.05) is 11.6 Å². The van der Waals surface area contributed by atoms with Crippen LogP contribution >= 0.6 is 0 Å². The summed E-state index contributed by atoms with van der Waals surface area (Å²) < 4.78 is 42.4. The summed E-state index contributed by atoms with van der Waals surface area (Å²) in [4.78, 5) is 10.5. The first-order chi connectivity index (χ1) is 8.49. The predicted molar refractivity (Wildman–Crippen MR) is 53.8 cm³/mol. The fourth-order valence-corrected chi connectivity index (χ4v) is 1.38. The van der Waals surface area contributed by atoms with Crippen molar-refractivity contribution in [2.24, 2.45) is 0 Å². The minimum atomic E-state index is -2.91. The van der Waals surface area contributed by atoms with Crippen LogP contribution in [0.5, 0.6) is 0 Å². The van der Waals surface area contributed by atoms with E-state index in [9.17, 15) is 18.0 Å². The van der Waals surface area contributed by atoms with Gasteiger partial charge in [-0.15, -0.1) is 0 Å². The van der Waals surface area contributed by atoms with E-state index in [1.54, 1.807) is 0 Å². The van der Waals surface area contributed by atoms with E-state index in [4.69, 9.17) is 5.11 Å². The molecule has 0 aliphatic heterocycles. The topological polar surface area (TPSA) is 63.3 Å². The van der Waals surface area contributed by atoms with Crippen molar-refractivity contribution in [3.05, 3.63) is 41.4 Å². The lowest BCUT2D eigenvalue weighted by Gasteiger charge is -2.02. The minimum Gasteiger partial charge on any atom is -0.475 e. The molecule has 94 valence electrons. The highest BCUT2D eigenvalue weighted by Gasteiger charge is 2.16. The maximum absolute atomic E-state index is 13.3. The van der Waals surface area contributed by atoms with E-state index in [1.807, 2.05) is 0 Å². The highest BCUT2D eigenvalue weighted by atomic mass is 19.3. The predicted octanol–water partition coefficient (Wildman–Crippen LogP) is 3.12. The van der Waals surface area contributed by atoms with Crippen molar-refractivity contribution in [3.63, 3.8) is 0 Å². The Hall–Kier alpha value is -2.31. The van der Waals surface area contributed by atoms with Gasteiger partial charge in [-0.3, -0.25) is 0 Å². The summed E-state index contributed by atoms with van der Waals surface area (Å²) in [6.45, 7) is 0. The van der Waals surface area contributed by atoms with Crippen molar-refractivity contribution >= 4 is 5.97 Å². The lowest BCUT2D eigenvalue weighted by atomic mass is 10.1. The molecule has 0 saturated carbocycles. The first kappa shape index (κ1) is 12.2. The monoisotopic (exact) mass is 257 g/mol. The number of hydrogen-bond donors (Lipinski definition) is 1. The van der Waals surface area contributed by atoms with Crippen LogP contribution in [0.15, 0.2) is 28.8 Å². The number of halogens is 3. The smallest absolute Gasteiger partial charge is 0.374 e. The zero-order chi connectivity index (χ0) is 13.3. The van der Waals surface area contributed by atoms with Crippen LogP contribution in [0.1, 0.15) is 22.5 Å². The molecule has 0 aliphatic rings. The third kappa shape index (κ3) is 2.20. The fourth-order valence-electron chi connectivity index (χ4n) is 1.38. The molecule has 1 N–H and O–H groups in total. The lowest BCUT2D eigenvalue weighted by Crippen LogP contribution is -1.92. The number of nitrogens with zero attached hydrogens (tertiary/aromatic N) is 1. The van der Waals surface area contributed by atoms with Crippen molar-refractivity contribution in [2.75, 3.05) is 0 Å². The molecule has 18 heavy (non-hydrogen) atoms. The number of carboxylic acids is 1. The number of aromatic carboxylic acids is 1. The Bertz CT molecular complexity index is 595. The first-order valence-corrected chi connectivity index (χ1v) is 4.77. The molecule has 1 heterocycles. The summed E-state index contributed by atoms with van der Waals surface area (Å²) in [5, 5.41) is 12.0. The standard InChI is InChI=1S/C11H6F3NO3/c12-7-3-5(1-2-6(7)10(13)14)8-4-9(11(16)17)18-15-8/h1-4,10H,(H,16,17). The van der Waals surface area contributed by atoms with Gasteiger partial charge in [0.05, 0.1) is 5.56 Å². The Kier molecular flexibility index (Phi) is 3.05. The Morgan fingerprint density at radius 2 is 2.06 bits per heavy atom. The van der Waals surface area contributed by atoms with Crippen LogP contribution in [-0.4, -0.2) is 16.2 Å². The highest BCUT2D eigenvalue weighted by molar-refractivity contribution is 5.85. The summed E-state index contributed by atoms with van der Waals surface area (Å²) in [5.74, 6) is -2.82. The van der Waals surface area contributed by atoms with Crippen LogP contribution in [0.25, 0.3) is 11.3 Å². The summed E-state index contributed by atoms with van der Waals surface area (Å²) in [6, 6.07) is 4.07. The number of benzene rings is 1. The van der Waals surface area contributed by atoms with E-state index in [1.165, 1.54) is 6.07 Å². The maximum Gasteiger partial charge on any atom is 0.374 e. The third-order valence-corrected chi connectivity index (χ3v) is 2.25. The van der Waals surface area contributed by atoms with Gasteiger partial charge in [-0.2, -0.15) is 0 Å². The van der Waals surface area contributed by atoms with Crippen molar-refractivity contribution < 1.29 is 27.6 Å². The zero-order valence-electron chi connectivity index (χ0n) is 8.73. The first-order valence-electron chi connectivity index (χ1n) is 4.77. The summed E-state index contributed by atoms with van der Waals surface area (Å²) >= 11 is 0.